The Balaban J connectivity index is 2.00. The second-order valence-electron chi connectivity index (χ2n) is 7.25. The van der Waals surface area contributed by atoms with E-state index in [0.29, 0.717) is 6.42 Å². The molecule has 3 aliphatic rings. The van der Waals surface area contributed by atoms with Crippen molar-refractivity contribution in [3.05, 3.63) is 11.6 Å². The fourth-order valence-electron chi connectivity index (χ4n) is 4.70. The average Bonchev–Trinajstić information content (AvgIpc) is 2.65. The molecule has 2 aliphatic carbocycles. The van der Waals surface area contributed by atoms with Crippen LogP contribution in [0.1, 0.15) is 77.6 Å². The lowest BCUT2D eigenvalue weighted by molar-refractivity contribution is -0.156. The van der Waals surface area contributed by atoms with Gasteiger partial charge < -0.3 is 4.74 Å². The van der Waals surface area contributed by atoms with E-state index in [-0.39, 0.29) is 11.9 Å². The summed E-state index contributed by atoms with van der Waals surface area (Å²) in [5.74, 6) is -0.477. The van der Waals surface area contributed by atoms with Crippen LogP contribution in [0.3, 0.4) is 0 Å². The zero-order valence-corrected chi connectivity index (χ0v) is 13.1. The van der Waals surface area contributed by atoms with E-state index in [1.54, 1.807) is 0 Å². The van der Waals surface area contributed by atoms with Crippen molar-refractivity contribution < 1.29 is 14.3 Å². The van der Waals surface area contributed by atoms with Crippen molar-refractivity contribution in [1.29, 1.82) is 0 Å². The van der Waals surface area contributed by atoms with Crippen LogP contribution in [-0.4, -0.2) is 11.9 Å². The van der Waals surface area contributed by atoms with Crippen molar-refractivity contribution in [3.8, 4) is 0 Å². The first-order valence-corrected chi connectivity index (χ1v) is 8.53. The van der Waals surface area contributed by atoms with Crippen LogP contribution in [0.25, 0.3) is 0 Å². The maximum Gasteiger partial charge on any atom is 0.321 e. The Bertz CT molecular complexity index is 479. The van der Waals surface area contributed by atoms with Gasteiger partial charge in [-0.1, -0.05) is 56.6 Å². The van der Waals surface area contributed by atoms with Gasteiger partial charge in [0.2, 0.25) is 0 Å². The summed E-state index contributed by atoms with van der Waals surface area (Å²) < 4.78 is 5.20. The van der Waals surface area contributed by atoms with Gasteiger partial charge in [0.25, 0.3) is 0 Å². The van der Waals surface area contributed by atoms with Crippen LogP contribution in [0.5, 0.6) is 0 Å². The molecule has 0 unspecified atom stereocenters. The minimum Gasteiger partial charge on any atom is -0.392 e. The molecule has 3 heteroatoms. The van der Waals surface area contributed by atoms with Crippen molar-refractivity contribution in [2.75, 3.05) is 0 Å². The second kappa shape index (κ2) is 5.58. The summed E-state index contributed by atoms with van der Waals surface area (Å²) in [5.41, 5.74) is 0.119. The van der Waals surface area contributed by atoms with Gasteiger partial charge in [-0.2, -0.15) is 0 Å². The van der Waals surface area contributed by atoms with Gasteiger partial charge in [-0.3, -0.25) is 9.59 Å². The predicted octanol–water partition coefficient (Wildman–Crippen LogP) is 4.31. The van der Waals surface area contributed by atoms with Crippen molar-refractivity contribution in [2.45, 2.75) is 77.6 Å². The molecule has 1 saturated carbocycles. The first kappa shape index (κ1) is 14.8. The smallest absolute Gasteiger partial charge is 0.321 e. The molecule has 21 heavy (non-hydrogen) atoms. The summed E-state index contributed by atoms with van der Waals surface area (Å²) in [4.78, 5) is 25.1. The molecule has 0 aromatic heterocycles. The highest BCUT2D eigenvalue weighted by atomic mass is 16.6. The van der Waals surface area contributed by atoms with E-state index in [2.05, 4.69) is 13.0 Å². The summed E-state index contributed by atoms with van der Waals surface area (Å²) in [6, 6.07) is 0. The number of cyclic esters (lactones) is 2. The van der Waals surface area contributed by atoms with Gasteiger partial charge >= 0.3 is 11.9 Å². The monoisotopic (exact) mass is 290 g/mol. The SMILES string of the molecule is CC1=CC[C@@]23CCCCCCCCC[C@]2(C1)C(=O)OC3=O. The Morgan fingerprint density at radius 1 is 0.857 bits per heavy atom. The molecule has 1 saturated heterocycles. The van der Waals surface area contributed by atoms with Gasteiger partial charge in [0.05, 0.1) is 10.8 Å². The first-order chi connectivity index (χ1) is 10.1. The highest BCUT2D eigenvalue weighted by molar-refractivity contribution is 6.02. The average molecular weight is 290 g/mol. The van der Waals surface area contributed by atoms with Crippen LogP contribution in [0.4, 0.5) is 0 Å². The second-order valence-corrected chi connectivity index (χ2v) is 7.25. The van der Waals surface area contributed by atoms with E-state index >= 15 is 0 Å². The molecule has 2 atom stereocenters. The van der Waals surface area contributed by atoms with Gasteiger partial charge in [-0.25, -0.2) is 0 Å². The Kier molecular flexibility index (Phi) is 3.94. The number of carbonyl (C=O) groups is 2. The van der Waals surface area contributed by atoms with E-state index in [1.807, 2.05) is 0 Å². The molecular weight excluding hydrogens is 264 g/mol. The third kappa shape index (κ3) is 2.25. The number of rotatable bonds is 0. The standard InChI is InChI=1S/C18H26O3/c1-14-9-12-17-10-7-5-3-2-4-6-8-11-18(17,13-14)16(20)21-15(17)19/h9H,2-8,10-13H2,1H3/t17-,18+/m1/s1. The number of carbonyl (C=O) groups excluding carboxylic acids is 2. The molecule has 0 bridgehead atoms. The van der Waals surface area contributed by atoms with E-state index < -0.39 is 10.8 Å². The molecule has 3 nitrogen and oxygen atoms in total. The van der Waals surface area contributed by atoms with Crippen molar-refractivity contribution in [3.63, 3.8) is 0 Å². The van der Waals surface area contributed by atoms with Crippen molar-refractivity contribution in [2.24, 2.45) is 10.8 Å². The maximum absolute atomic E-state index is 12.6. The third-order valence-corrected chi connectivity index (χ3v) is 5.97. The van der Waals surface area contributed by atoms with Crippen molar-refractivity contribution >= 4 is 11.9 Å². The van der Waals surface area contributed by atoms with Crippen LogP contribution in [0.2, 0.25) is 0 Å². The zero-order valence-electron chi connectivity index (χ0n) is 13.1. The number of hydrogen-bond acceptors (Lipinski definition) is 3. The third-order valence-electron chi connectivity index (χ3n) is 5.97. The highest BCUT2D eigenvalue weighted by Crippen LogP contribution is 2.60. The lowest BCUT2D eigenvalue weighted by atomic mass is 9.54. The van der Waals surface area contributed by atoms with Crippen LogP contribution < -0.4 is 0 Å². The number of allylic oxidation sites excluding steroid dienone is 2. The summed E-state index contributed by atoms with van der Waals surface area (Å²) in [7, 11) is 0. The maximum atomic E-state index is 12.6. The van der Waals surface area contributed by atoms with Gasteiger partial charge in [0.15, 0.2) is 0 Å². The van der Waals surface area contributed by atoms with E-state index in [0.717, 1.165) is 32.1 Å². The molecule has 0 aromatic carbocycles. The van der Waals surface area contributed by atoms with Crippen LogP contribution in [0, 0.1) is 10.8 Å². The van der Waals surface area contributed by atoms with E-state index in [9.17, 15) is 9.59 Å². The Morgan fingerprint density at radius 3 is 2.05 bits per heavy atom. The molecule has 0 aromatic rings. The van der Waals surface area contributed by atoms with Crippen LogP contribution in [-0.2, 0) is 14.3 Å². The van der Waals surface area contributed by atoms with Gasteiger partial charge in [0.1, 0.15) is 0 Å². The molecule has 116 valence electrons. The quantitative estimate of drug-likeness (QED) is 0.379. The largest absolute Gasteiger partial charge is 0.392 e. The van der Waals surface area contributed by atoms with Gasteiger partial charge in [0, 0.05) is 0 Å². The molecule has 2 fully saturated rings. The normalized spacial score (nSPS) is 37.9. The van der Waals surface area contributed by atoms with Gasteiger partial charge in [-0.15, -0.1) is 0 Å². The van der Waals surface area contributed by atoms with Crippen molar-refractivity contribution in [1.82, 2.24) is 0 Å². The Morgan fingerprint density at radius 2 is 1.38 bits per heavy atom. The molecule has 0 spiro atoms. The van der Waals surface area contributed by atoms with E-state index in [1.165, 1.54) is 37.7 Å². The molecule has 0 amide bonds. The van der Waals surface area contributed by atoms with Crippen LogP contribution >= 0.6 is 0 Å². The number of ether oxygens (including phenoxy) is 1. The van der Waals surface area contributed by atoms with Gasteiger partial charge in [-0.05, 0) is 32.6 Å². The number of hydrogen-bond donors (Lipinski definition) is 0. The Hall–Kier alpha value is -1.12. The molecular formula is C18H26O3. The molecule has 1 aliphatic heterocycles. The first-order valence-electron chi connectivity index (χ1n) is 8.53. The topological polar surface area (TPSA) is 43.4 Å². The fourth-order valence-corrected chi connectivity index (χ4v) is 4.70. The summed E-state index contributed by atoms with van der Waals surface area (Å²) in [5, 5.41) is 0. The fraction of sp³-hybridized carbons (Fsp3) is 0.778. The molecule has 0 N–H and O–H groups in total. The zero-order chi connectivity index (χ0) is 14.9. The summed E-state index contributed by atoms with van der Waals surface area (Å²) >= 11 is 0. The predicted molar refractivity (Wildman–Crippen MR) is 80.5 cm³/mol. The molecule has 0 radical (unpaired) electrons. The lowest BCUT2D eigenvalue weighted by Gasteiger charge is -2.43. The highest BCUT2D eigenvalue weighted by Gasteiger charge is 2.67. The lowest BCUT2D eigenvalue weighted by Crippen LogP contribution is -2.46. The molecule has 1 heterocycles. The van der Waals surface area contributed by atoms with E-state index in [4.69, 9.17) is 4.74 Å². The molecule has 3 rings (SSSR count). The Labute approximate surface area is 127 Å². The number of esters is 2. The van der Waals surface area contributed by atoms with Crippen LogP contribution in [0.15, 0.2) is 11.6 Å². The minimum atomic E-state index is -0.562. The summed E-state index contributed by atoms with van der Waals surface area (Å²) in [6.07, 6.45) is 13.4. The minimum absolute atomic E-state index is 0.237. The summed E-state index contributed by atoms with van der Waals surface area (Å²) in [6.45, 7) is 2.08.